The fourth-order valence-corrected chi connectivity index (χ4v) is 6.31. The highest BCUT2D eigenvalue weighted by molar-refractivity contribution is 5.86. The average molecular weight is 476 g/mol. The number of carbonyl (C=O) groups is 1. The van der Waals surface area contributed by atoms with E-state index in [4.69, 9.17) is 9.72 Å². The minimum atomic E-state index is -0.894. The molecule has 3 aliphatic rings. The van der Waals surface area contributed by atoms with E-state index in [-0.39, 0.29) is 12.0 Å². The molecule has 1 saturated carbocycles. The number of rotatable bonds is 4. The molecule has 1 aromatic heterocycles. The Bertz CT molecular complexity index is 1300. The first-order valence-corrected chi connectivity index (χ1v) is 12.9. The summed E-state index contributed by atoms with van der Waals surface area (Å²) in [5.74, 6) is 0.410. The van der Waals surface area contributed by atoms with Gasteiger partial charge in [0, 0.05) is 36.8 Å². The van der Waals surface area contributed by atoms with E-state index in [0.717, 1.165) is 60.0 Å². The molecule has 0 spiro atoms. The minimum absolute atomic E-state index is 0.00412. The molecule has 0 bridgehead atoms. The lowest BCUT2D eigenvalue weighted by Crippen LogP contribution is -2.33. The van der Waals surface area contributed by atoms with Gasteiger partial charge in [-0.25, -0.2) is 4.98 Å². The zero-order valence-corrected chi connectivity index (χ0v) is 20.4. The predicted molar refractivity (Wildman–Crippen MR) is 134 cm³/mol. The summed E-state index contributed by atoms with van der Waals surface area (Å²) in [6.45, 7) is 2.91. The maximum Gasteiger partial charge on any atom is 0.306 e. The van der Waals surface area contributed by atoms with Gasteiger partial charge >= 0.3 is 5.97 Å². The molecule has 35 heavy (non-hydrogen) atoms. The van der Waals surface area contributed by atoms with Crippen molar-refractivity contribution in [2.45, 2.75) is 70.1 Å². The van der Waals surface area contributed by atoms with Crippen LogP contribution in [0.4, 0.5) is 5.69 Å². The van der Waals surface area contributed by atoms with Crippen molar-refractivity contribution in [3.05, 3.63) is 52.8 Å². The Morgan fingerprint density at radius 3 is 2.86 bits per heavy atom. The lowest BCUT2D eigenvalue weighted by Gasteiger charge is -2.34. The number of aromatic nitrogens is 2. The lowest BCUT2D eigenvalue weighted by atomic mass is 9.85. The summed E-state index contributed by atoms with van der Waals surface area (Å²) >= 11 is 0. The maximum atomic E-state index is 11.8. The predicted octanol–water partition coefficient (Wildman–Crippen LogP) is 4.64. The number of anilines is 1. The number of benzene rings is 2. The van der Waals surface area contributed by atoms with Crippen molar-refractivity contribution in [1.29, 1.82) is 0 Å². The number of aliphatic carboxylic acids is 1. The van der Waals surface area contributed by atoms with E-state index in [2.05, 4.69) is 35.6 Å². The van der Waals surface area contributed by atoms with Crippen LogP contribution >= 0.6 is 0 Å². The highest BCUT2D eigenvalue weighted by atomic mass is 16.5. The standard InChI is InChI=1S/C28H33N3O4/c1-16-6-8-21-22(30(16)2)9-10-23-25(21)29-27(31(23)20-5-3-4-19(15-20)28(33)34)26(32)18-7-11-24-17(14-18)12-13-35-24/h7,9-11,14,16,19-20,26,32H,3-6,8,12-13,15H2,1-2H3,(H,33,34). The van der Waals surface area contributed by atoms with Gasteiger partial charge in [-0.3, -0.25) is 4.79 Å². The van der Waals surface area contributed by atoms with E-state index in [9.17, 15) is 15.0 Å². The number of hydrogen-bond acceptors (Lipinski definition) is 5. The largest absolute Gasteiger partial charge is 0.493 e. The van der Waals surface area contributed by atoms with Gasteiger partial charge in [-0.05, 0) is 74.4 Å². The topological polar surface area (TPSA) is 87.8 Å². The highest BCUT2D eigenvalue weighted by Crippen LogP contribution is 2.42. The lowest BCUT2D eigenvalue weighted by molar-refractivity contribution is -0.143. The number of carboxylic acid groups (broad SMARTS) is 1. The second-order valence-corrected chi connectivity index (χ2v) is 10.5. The van der Waals surface area contributed by atoms with Crippen LogP contribution in [0.3, 0.4) is 0 Å². The van der Waals surface area contributed by atoms with Crippen LogP contribution in [0.25, 0.3) is 11.0 Å². The summed E-state index contributed by atoms with van der Waals surface area (Å²) in [5.41, 5.74) is 6.28. The number of aliphatic hydroxyl groups excluding tert-OH is 1. The van der Waals surface area contributed by atoms with E-state index < -0.39 is 12.1 Å². The number of aryl methyl sites for hydroxylation is 1. The minimum Gasteiger partial charge on any atom is -0.493 e. The van der Waals surface area contributed by atoms with Crippen LogP contribution < -0.4 is 9.64 Å². The molecule has 2 aliphatic heterocycles. The Hall–Kier alpha value is -3.06. The number of imidazole rings is 1. The van der Waals surface area contributed by atoms with Gasteiger partial charge in [0.25, 0.3) is 0 Å². The van der Waals surface area contributed by atoms with Crippen molar-refractivity contribution < 1.29 is 19.7 Å². The van der Waals surface area contributed by atoms with Gasteiger partial charge in [0.15, 0.2) is 0 Å². The zero-order valence-electron chi connectivity index (χ0n) is 20.4. The molecule has 7 nitrogen and oxygen atoms in total. The van der Waals surface area contributed by atoms with Gasteiger partial charge in [0.05, 0.1) is 23.6 Å². The first kappa shape index (κ1) is 22.4. The smallest absolute Gasteiger partial charge is 0.306 e. The van der Waals surface area contributed by atoms with Gasteiger partial charge in [-0.15, -0.1) is 0 Å². The summed E-state index contributed by atoms with van der Waals surface area (Å²) in [6.07, 6.45) is 4.97. The molecule has 2 N–H and O–H groups in total. The van der Waals surface area contributed by atoms with Crippen molar-refractivity contribution in [1.82, 2.24) is 9.55 Å². The highest BCUT2D eigenvalue weighted by Gasteiger charge is 2.34. The summed E-state index contributed by atoms with van der Waals surface area (Å²) in [6, 6.07) is 10.6. The van der Waals surface area contributed by atoms with Crippen molar-refractivity contribution in [2.75, 3.05) is 18.6 Å². The van der Waals surface area contributed by atoms with Crippen molar-refractivity contribution in [3.8, 4) is 5.75 Å². The van der Waals surface area contributed by atoms with Gasteiger partial charge in [-0.2, -0.15) is 0 Å². The maximum absolute atomic E-state index is 11.8. The third-order valence-corrected chi connectivity index (χ3v) is 8.46. The molecule has 1 aliphatic carbocycles. The van der Waals surface area contributed by atoms with Crippen LogP contribution in [0.1, 0.15) is 73.7 Å². The van der Waals surface area contributed by atoms with E-state index in [1.54, 1.807) is 0 Å². The van der Waals surface area contributed by atoms with E-state index >= 15 is 0 Å². The van der Waals surface area contributed by atoms with Crippen LogP contribution in [-0.4, -0.2) is 45.4 Å². The molecule has 2 aromatic carbocycles. The second-order valence-electron chi connectivity index (χ2n) is 10.5. The summed E-state index contributed by atoms with van der Waals surface area (Å²) in [7, 11) is 2.13. The molecule has 0 amide bonds. The Balaban J connectivity index is 1.50. The van der Waals surface area contributed by atoms with E-state index in [1.165, 1.54) is 11.3 Å². The molecule has 4 atom stereocenters. The number of carboxylic acids is 1. The monoisotopic (exact) mass is 475 g/mol. The molecule has 0 saturated heterocycles. The summed E-state index contributed by atoms with van der Waals surface area (Å²) in [4.78, 5) is 19.3. The Kier molecular flexibility index (Phi) is 5.48. The summed E-state index contributed by atoms with van der Waals surface area (Å²) < 4.78 is 7.82. The van der Waals surface area contributed by atoms with Crippen LogP contribution in [-0.2, 0) is 17.6 Å². The molecule has 4 unspecified atom stereocenters. The average Bonchev–Trinajstić information content (AvgIpc) is 3.50. The van der Waals surface area contributed by atoms with Crippen LogP contribution in [0.2, 0.25) is 0 Å². The first-order chi connectivity index (χ1) is 16.9. The quantitative estimate of drug-likeness (QED) is 0.572. The van der Waals surface area contributed by atoms with Crippen LogP contribution in [0.5, 0.6) is 5.75 Å². The first-order valence-electron chi connectivity index (χ1n) is 12.9. The number of hydrogen-bond donors (Lipinski definition) is 2. The molecule has 0 radical (unpaired) electrons. The Labute approximate surface area is 205 Å². The number of ether oxygens (including phenoxy) is 1. The fraction of sp³-hybridized carbons (Fsp3) is 0.500. The van der Waals surface area contributed by atoms with Gasteiger partial charge in [-0.1, -0.05) is 12.5 Å². The molecular formula is C28H33N3O4. The molecule has 3 heterocycles. The normalized spacial score (nSPS) is 24.7. The van der Waals surface area contributed by atoms with E-state index in [0.29, 0.717) is 31.3 Å². The van der Waals surface area contributed by atoms with Crippen molar-refractivity contribution in [2.24, 2.45) is 5.92 Å². The molecule has 7 heteroatoms. The Morgan fingerprint density at radius 2 is 2.03 bits per heavy atom. The second kappa shape index (κ2) is 8.55. The number of nitrogens with zero attached hydrogens (tertiary/aromatic N) is 3. The van der Waals surface area contributed by atoms with Crippen LogP contribution in [0, 0.1) is 5.92 Å². The molecule has 1 fully saturated rings. The van der Waals surface area contributed by atoms with Gasteiger partial charge < -0.3 is 24.4 Å². The molecular weight excluding hydrogens is 442 g/mol. The molecule has 3 aromatic rings. The Morgan fingerprint density at radius 1 is 1.17 bits per heavy atom. The molecule has 184 valence electrons. The van der Waals surface area contributed by atoms with Crippen LogP contribution in [0.15, 0.2) is 30.3 Å². The third kappa shape index (κ3) is 3.68. The summed E-state index contributed by atoms with van der Waals surface area (Å²) in [5, 5.41) is 21.4. The van der Waals surface area contributed by atoms with Gasteiger partial charge in [0.1, 0.15) is 17.7 Å². The SMILES string of the molecule is CC1CCc2c(ccc3c2nc(C(O)c2ccc4c(c2)CCO4)n3C2CCCC(C(=O)O)C2)N1C. The zero-order chi connectivity index (χ0) is 24.3. The molecule has 6 rings (SSSR count). The van der Waals surface area contributed by atoms with Crippen molar-refractivity contribution >= 4 is 22.7 Å². The number of aliphatic hydroxyl groups is 1. The van der Waals surface area contributed by atoms with Crippen molar-refractivity contribution in [3.63, 3.8) is 0 Å². The third-order valence-electron chi connectivity index (χ3n) is 8.46. The van der Waals surface area contributed by atoms with E-state index in [1.807, 2.05) is 18.2 Å². The fourth-order valence-electron chi connectivity index (χ4n) is 6.31. The number of fused-ring (bicyclic) bond motifs is 4. The van der Waals surface area contributed by atoms with Gasteiger partial charge in [0.2, 0.25) is 0 Å².